The summed E-state index contributed by atoms with van der Waals surface area (Å²) in [6, 6.07) is 1.83. The van der Waals surface area contributed by atoms with Gasteiger partial charge < -0.3 is 10.2 Å². The first-order valence-corrected chi connectivity index (χ1v) is 3.59. The molecule has 0 atom stereocenters. The van der Waals surface area contributed by atoms with E-state index in [2.05, 4.69) is 5.32 Å². The Kier molecular flexibility index (Phi) is 4.73. The molecular formula is C8H13N3O. The standard InChI is InChI=1S/C8H13N3O/c1-10-8(12)7(6-9)4-5-11(2)3/h4H,5H2,1-3H3,(H,10,12)/b7-4+. The highest BCUT2D eigenvalue weighted by Gasteiger charge is 2.04. The molecule has 0 rings (SSSR count). The fourth-order valence-corrected chi connectivity index (χ4v) is 0.598. The third-order valence-corrected chi connectivity index (χ3v) is 1.25. The molecule has 0 aromatic carbocycles. The van der Waals surface area contributed by atoms with Gasteiger partial charge >= 0.3 is 0 Å². The van der Waals surface area contributed by atoms with Crippen molar-refractivity contribution in [1.29, 1.82) is 5.26 Å². The van der Waals surface area contributed by atoms with Gasteiger partial charge in [-0.2, -0.15) is 5.26 Å². The summed E-state index contributed by atoms with van der Waals surface area (Å²) in [5, 5.41) is 10.9. The maximum absolute atomic E-state index is 10.9. The molecule has 1 N–H and O–H groups in total. The number of carbonyl (C=O) groups excluding carboxylic acids is 1. The van der Waals surface area contributed by atoms with Gasteiger partial charge in [0.25, 0.3) is 5.91 Å². The van der Waals surface area contributed by atoms with E-state index >= 15 is 0 Å². The average Bonchev–Trinajstić information content (AvgIpc) is 2.04. The quantitative estimate of drug-likeness (QED) is 0.465. The van der Waals surface area contributed by atoms with Crippen LogP contribution in [0.2, 0.25) is 0 Å². The number of amides is 1. The summed E-state index contributed by atoms with van der Waals surface area (Å²) < 4.78 is 0. The minimum absolute atomic E-state index is 0.159. The number of carbonyl (C=O) groups is 1. The van der Waals surface area contributed by atoms with Gasteiger partial charge in [-0.05, 0) is 20.2 Å². The van der Waals surface area contributed by atoms with Crippen LogP contribution in [0.5, 0.6) is 0 Å². The first-order chi connectivity index (χ1) is 5.61. The van der Waals surface area contributed by atoms with Crippen molar-refractivity contribution in [2.45, 2.75) is 0 Å². The van der Waals surface area contributed by atoms with E-state index in [1.54, 1.807) is 6.08 Å². The van der Waals surface area contributed by atoms with Crippen molar-refractivity contribution in [2.24, 2.45) is 0 Å². The predicted octanol–water partition coefficient (Wildman–Crippen LogP) is -0.256. The molecule has 0 fully saturated rings. The first-order valence-electron chi connectivity index (χ1n) is 3.59. The fourth-order valence-electron chi connectivity index (χ4n) is 0.598. The fraction of sp³-hybridized carbons (Fsp3) is 0.500. The molecule has 0 saturated heterocycles. The molecule has 0 aliphatic carbocycles. The maximum atomic E-state index is 10.9. The maximum Gasteiger partial charge on any atom is 0.261 e. The highest BCUT2D eigenvalue weighted by molar-refractivity contribution is 5.96. The lowest BCUT2D eigenvalue weighted by atomic mass is 10.2. The van der Waals surface area contributed by atoms with E-state index in [9.17, 15) is 4.79 Å². The highest BCUT2D eigenvalue weighted by atomic mass is 16.1. The summed E-state index contributed by atoms with van der Waals surface area (Å²) in [6.45, 7) is 0.594. The molecule has 0 spiro atoms. The minimum atomic E-state index is -0.334. The molecule has 0 aliphatic heterocycles. The smallest absolute Gasteiger partial charge is 0.261 e. The van der Waals surface area contributed by atoms with Gasteiger partial charge in [0.15, 0.2) is 0 Å². The summed E-state index contributed by atoms with van der Waals surface area (Å²) in [5.74, 6) is -0.334. The van der Waals surface area contributed by atoms with Crippen molar-refractivity contribution < 1.29 is 4.79 Å². The zero-order chi connectivity index (χ0) is 9.56. The van der Waals surface area contributed by atoms with Crippen LogP contribution in [0.4, 0.5) is 0 Å². The summed E-state index contributed by atoms with van der Waals surface area (Å²) in [4.78, 5) is 12.8. The Morgan fingerprint density at radius 3 is 2.58 bits per heavy atom. The van der Waals surface area contributed by atoms with Gasteiger partial charge in [-0.3, -0.25) is 4.79 Å². The lowest BCUT2D eigenvalue weighted by Gasteiger charge is -2.04. The Morgan fingerprint density at radius 1 is 1.67 bits per heavy atom. The van der Waals surface area contributed by atoms with Crippen molar-refractivity contribution in [3.05, 3.63) is 11.6 Å². The van der Waals surface area contributed by atoms with Crippen molar-refractivity contribution >= 4 is 5.91 Å². The van der Waals surface area contributed by atoms with Crippen LogP contribution in [0.3, 0.4) is 0 Å². The molecule has 0 aliphatic rings. The number of nitriles is 1. The Morgan fingerprint density at radius 2 is 2.25 bits per heavy atom. The van der Waals surface area contributed by atoms with Crippen molar-refractivity contribution in [3.8, 4) is 6.07 Å². The topological polar surface area (TPSA) is 56.1 Å². The van der Waals surface area contributed by atoms with E-state index in [1.165, 1.54) is 7.05 Å². The van der Waals surface area contributed by atoms with Crippen LogP contribution >= 0.6 is 0 Å². The van der Waals surface area contributed by atoms with E-state index in [4.69, 9.17) is 5.26 Å². The second-order valence-electron chi connectivity index (χ2n) is 2.57. The Labute approximate surface area is 72.5 Å². The predicted molar refractivity (Wildman–Crippen MR) is 46.3 cm³/mol. The van der Waals surface area contributed by atoms with Gasteiger partial charge in [-0.15, -0.1) is 0 Å². The molecule has 0 heterocycles. The molecule has 12 heavy (non-hydrogen) atoms. The first kappa shape index (κ1) is 10.7. The normalized spacial score (nSPS) is 11.1. The van der Waals surface area contributed by atoms with E-state index in [-0.39, 0.29) is 11.5 Å². The van der Waals surface area contributed by atoms with Crippen molar-refractivity contribution in [2.75, 3.05) is 27.7 Å². The van der Waals surface area contributed by atoms with Gasteiger partial charge in [-0.25, -0.2) is 0 Å². The number of nitrogens with one attached hydrogen (secondary N) is 1. The largest absolute Gasteiger partial charge is 0.354 e. The van der Waals surface area contributed by atoms with Crippen LogP contribution < -0.4 is 5.32 Å². The molecule has 66 valence electrons. The summed E-state index contributed by atoms with van der Waals surface area (Å²) in [5.41, 5.74) is 0.159. The third-order valence-electron chi connectivity index (χ3n) is 1.25. The third kappa shape index (κ3) is 3.74. The highest BCUT2D eigenvalue weighted by Crippen LogP contribution is 1.91. The Bertz CT molecular complexity index is 225. The Hall–Kier alpha value is -1.34. The summed E-state index contributed by atoms with van der Waals surface area (Å²) in [7, 11) is 5.24. The number of rotatable bonds is 3. The van der Waals surface area contributed by atoms with Crippen LogP contribution in [0.25, 0.3) is 0 Å². The molecule has 1 amide bonds. The van der Waals surface area contributed by atoms with Crippen LogP contribution in [-0.2, 0) is 4.79 Å². The molecule has 0 aromatic heterocycles. The molecule has 4 heteroatoms. The second-order valence-corrected chi connectivity index (χ2v) is 2.57. The van der Waals surface area contributed by atoms with Crippen LogP contribution in [0.15, 0.2) is 11.6 Å². The average molecular weight is 167 g/mol. The SMILES string of the molecule is CNC(=O)/C(C#N)=C/CN(C)C. The van der Waals surface area contributed by atoms with Crippen molar-refractivity contribution in [3.63, 3.8) is 0 Å². The van der Waals surface area contributed by atoms with Crippen molar-refractivity contribution in [1.82, 2.24) is 10.2 Å². The van der Waals surface area contributed by atoms with E-state index < -0.39 is 0 Å². The molecule has 0 aromatic rings. The van der Waals surface area contributed by atoms with Gasteiger partial charge in [0.2, 0.25) is 0 Å². The molecule has 0 unspecified atom stereocenters. The number of nitrogens with zero attached hydrogens (tertiary/aromatic N) is 2. The van der Waals surface area contributed by atoms with Crippen LogP contribution in [-0.4, -0.2) is 38.5 Å². The van der Waals surface area contributed by atoms with Gasteiger partial charge in [0.1, 0.15) is 11.6 Å². The zero-order valence-corrected chi connectivity index (χ0v) is 7.59. The molecular weight excluding hydrogens is 154 g/mol. The molecule has 4 nitrogen and oxygen atoms in total. The van der Waals surface area contributed by atoms with Crippen LogP contribution in [0, 0.1) is 11.3 Å². The molecule has 0 radical (unpaired) electrons. The summed E-state index contributed by atoms with van der Waals surface area (Å²) in [6.07, 6.45) is 1.60. The number of hydrogen-bond donors (Lipinski definition) is 1. The van der Waals surface area contributed by atoms with Gasteiger partial charge in [0.05, 0.1) is 0 Å². The van der Waals surface area contributed by atoms with E-state index in [0.717, 1.165) is 0 Å². The second kappa shape index (κ2) is 5.33. The number of hydrogen-bond acceptors (Lipinski definition) is 3. The zero-order valence-electron chi connectivity index (χ0n) is 7.59. The van der Waals surface area contributed by atoms with E-state index in [0.29, 0.717) is 6.54 Å². The van der Waals surface area contributed by atoms with Gasteiger partial charge in [-0.1, -0.05) is 0 Å². The Balaban J connectivity index is 4.26. The summed E-state index contributed by atoms with van der Waals surface area (Å²) >= 11 is 0. The molecule has 0 bridgehead atoms. The molecule has 0 saturated carbocycles. The monoisotopic (exact) mass is 167 g/mol. The van der Waals surface area contributed by atoms with E-state index in [1.807, 2.05) is 25.1 Å². The lowest BCUT2D eigenvalue weighted by molar-refractivity contribution is -0.116. The number of likely N-dealkylation sites (N-methyl/N-ethyl adjacent to an activating group) is 2. The lowest BCUT2D eigenvalue weighted by Crippen LogP contribution is -2.21. The van der Waals surface area contributed by atoms with Gasteiger partial charge in [0, 0.05) is 13.6 Å². The van der Waals surface area contributed by atoms with Crippen LogP contribution in [0.1, 0.15) is 0 Å². The minimum Gasteiger partial charge on any atom is -0.354 e.